The highest BCUT2D eigenvalue weighted by Crippen LogP contribution is 2.55. The molecule has 4 fully saturated rings. The van der Waals surface area contributed by atoms with Crippen LogP contribution in [-0.4, -0.2) is 43.8 Å². The molecule has 0 spiro atoms. The molecule has 32 heavy (non-hydrogen) atoms. The molecule has 4 aliphatic carbocycles. The van der Waals surface area contributed by atoms with Gasteiger partial charge < -0.3 is 19.5 Å². The Labute approximate surface area is 187 Å². The number of carbonyl (C=O) groups is 3. The van der Waals surface area contributed by atoms with Crippen LogP contribution in [-0.2, 0) is 9.53 Å². The molecule has 0 unspecified atom stereocenters. The quantitative estimate of drug-likeness (QED) is 0.473. The molecule has 0 heterocycles. The Morgan fingerprint density at radius 1 is 1.09 bits per heavy atom. The number of benzene rings is 1. The summed E-state index contributed by atoms with van der Waals surface area (Å²) in [5.74, 6) is 1.51. The normalized spacial score (nSPS) is 27.3. The third kappa shape index (κ3) is 4.89. The predicted octanol–water partition coefficient (Wildman–Crippen LogP) is 3.21. The lowest BCUT2D eigenvalue weighted by molar-refractivity contribution is -0.123. The van der Waals surface area contributed by atoms with Gasteiger partial charge in [-0.3, -0.25) is 10.1 Å². The molecule has 172 valence electrons. The predicted molar refractivity (Wildman–Crippen MR) is 117 cm³/mol. The second-order valence-electron chi connectivity index (χ2n) is 9.24. The van der Waals surface area contributed by atoms with E-state index in [0.29, 0.717) is 35.9 Å². The van der Waals surface area contributed by atoms with Crippen LogP contribution < -0.4 is 20.1 Å². The highest BCUT2D eigenvalue weighted by Gasteiger charge is 2.51. The van der Waals surface area contributed by atoms with Gasteiger partial charge in [0.25, 0.3) is 5.91 Å². The number of esters is 1. The molecule has 2 N–H and O–H groups in total. The standard InChI is InChI=1S/C24H30N2O6/c1-3-6-31-19-5-4-18(10-20(19)30-2)22(28)32-14-21(27)25-23(29)26-24-11-15-7-16(12-24)9-17(8-15)13-24/h3-5,10,15-17H,1,6-9,11-14H2,2H3,(H2,25,26,27,29). The summed E-state index contributed by atoms with van der Waals surface area (Å²) in [7, 11) is 1.46. The van der Waals surface area contributed by atoms with Crippen molar-refractivity contribution in [1.29, 1.82) is 0 Å². The summed E-state index contributed by atoms with van der Waals surface area (Å²) in [6, 6.07) is 4.05. The molecule has 1 aromatic rings. The van der Waals surface area contributed by atoms with Crippen LogP contribution in [0.5, 0.6) is 11.5 Å². The number of amides is 3. The zero-order valence-corrected chi connectivity index (χ0v) is 18.4. The first-order chi connectivity index (χ1) is 15.4. The van der Waals surface area contributed by atoms with Gasteiger partial charge in [0.2, 0.25) is 0 Å². The lowest BCUT2D eigenvalue weighted by atomic mass is 9.53. The van der Waals surface area contributed by atoms with Gasteiger partial charge in [0, 0.05) is 5.54 Å². The Morgan fingerprint density at radius 2 is 1.75 bits per heavy atom. The molecule has 5 rings (SSSR count). The smallest absolute Gasteiger partial charge is 0.338 e. The topological polar surface area (TPSA) is 103 Å². The van der Waals surface area contributed by atoms with Crippen molar-refractivity contribution in [2.75, 3.05) is 20.3 Å². The van der Waals surface area contributed by atoms with Crippen LogP contribution >= 0.6 is 0 Å². The molecular weight excluding hydrogens is 412 g/mol. The summed E-state index contributed by atoms with van der Waals surface area (Å²) >= 11 is 0. The van der Waals surface area contributed by atoms with Crippen molar-refractivity contribution in [2.45, 2.75) is 44.1 Å². The van der Waals surface area contributed by atoms with E-state index in [0.717, 1.165) is 19.3 Å². The Bertz CT molecular complexity index is 876. The molecule has 3 amide bonds. The molecule has 4 saturated carbocycles. The number of ether oxygens (including phenoxy) is 3. The minimum atomic E-state index is -0.699. The first-order valence-corrected chi connectivity index (χ1v) is 11.1. The molecular formula is C24H30N2O6. The summed E-state index contributed by atoms with van der Waals surface area (Å²) < 4.78 is 15.7. The minimum Gasteiger partial charge on any atom is -0.493 e. The zero-order chi connectivity index (χ0) is 22.7. The summed E-state index contributed by atoms with van der Waals surface area (Å²) in [4.78, 5) is 36.9. The molecule has 0 saturated heterocycles. The van der Waals surface area contributed by atoms with Crippen molar-refractivity contribution < 1.29 is 28.6 Å². The summed E-state index contributed by atoms with van der Waals surface area (Å²) in [6.07, 6.45) is 8.37. The molecule has 0 aliphatic heterocycles. The highest BCUT2D eigenvalue weighted by atomic mass is 16.5. The maximum atomic E-state index is 12.4. The van der Waals surface area contributed by atoms with E-state index in [2.05, 4.69) is 17.2 Å². The summed E-state index contributed by atoms with van der Waals surface area (Å²) in [5.41, 5.74) is 0.0144. The number of nitrogens with one attached hydrogen (secondary N) is 2. The first kappa shape index (κ1) is 22.2. The summed E-state index contributed by atoms with van der Waals surface area (Å²) in [5, 5.41) is 5.36. The second kappa shape index (κ2) is 9.22. The van der Waals surface area contributed by atoms with Crippen molar-refractivity contribution in [2.24, 2.45) is 17.8 Å². The van der Waals surface area contributed by atoms with Gasteiger partial charge >= 0.3 is 12.0 Å². The number of rotatable bonds is 8. The van der Waals surface area contributed by atoms with Gasteiger partial charge in [-0.25, -0.2) is 9.59 Å². The van der Waals surface area contributed by atoms with Crippen LogP contribution in [0.1, 0.15) is 48.9 Å². The number of methoxy groups -OCH3 is 1. The monoisotopic (exact) mass is 442 g/mol. The molecule has 8 heteroatoms. The molecule has 4 bridgehead atoms. The Morgan fingerprint density at radius 3 is 2.34 bits per heavy atom. The molecule has 1 aromatic carbocycles. The highest BCUT2D eigenvalue weighted by molar-refractivity contribution is 5.97. The number of hydrogen-bond donors (Lipinski definition) is 2. The molecule has 0 atom stereocenters. The molecule has 8 nitrogen and oxygen atoms in total. The summed E-state index contributed by atoms with van der Waals surface area (Å²) in [6.45, 7) is 3.33. The van der Waals surface area contributed by atoms with E-state index >= 15 is 0 Å². The van der Waals surface area contributed by atoms with Gasteiger partial charge in [-0.2, -0.15) is 0 Å². The average molecular weight is 443 g/mol. The third-order valence-corrected chi connectivity index (χ3v) is 6.76. The fourth-order valence-corrected chi connectivity index (χ4v) is 5.98. The number of imide groups is 1. The van der Waals surface area contributed by atoms with Crippen molar-refractivity contribution in [3.05, 3.63) is 36.4 Å². The minimum absolute atomic E-state index is 0.193. The van der Waals surface area contributed by atoms with E-state index in [1.165, 1.54) is 38.5 Å². The van der Waals surface area contributed by atoms with Gasteiger partial charge in [-0.1, -0.05) is 12.7 Å². The van der Waals surface area contributed by atoms with Crippen LogP contribution in [0.2, 0.25) is 0 Å². The van der Waals surface area contributed by atoms with Crippen molar-refractivity contribution in [3.8, 4) is 11.5 Å². The fraction of sp³-hybridized carbons (Fsp3) is 0.542. The first-order valence-electron chi connectivity index (χ1n) is 11.1. The number of hydrogen-bond acceptors (Lipinski definition) is 6. The fourth-order valence-electron chi connectivity index (χ4n) is 5.98. The van der Waals surface area contributed by atoms with Gasteiger partial charge in [0.15, 0.2) is 18.1 Å². The maximum Gasteiger partial charge on any atom is 0.338 e. The van der Waals surface area contributed by atoms with Crippen molar-refractivity contribution in [3.63, 3.8) is 0 Å². The van der Waals surface area contributed by atoms with E-state index in [1.54, 1.807) is 12.1 Å². The Balaban J connectivity index is 1.26. The third-order valence-electron chi connectivity index (χ3n) is 6.76. The van der Waals surface area contributed by atoms with Gasteiger partial charge in [0.1, 0.15) is 6.61 Å². The number of carbonyl (C=O) groups excluding carboxylic acids is 3. The lowest BCUT2D eigenvalue weighted by Crippen LogP contribution is -2.62. The Kier molecular flexibility index (Phi) is 6.39. The largest absolute Gasteiger partial charge is 0.493 e. The van der Waals surface area contributed by atoms with Crippen molar-refractivity contribution >= 4 is 17.9 Å². The molecule has 4 aliphatic rings. The van der Waals surface area contributed by atoms with Crippen LogP contribution in [0.4, 0.5) is 4.79 Å². The van der Waals surface area contributed by atoms with Gasteiger partial charge in [-0.05, 0) is 74.5 Å². The van der Waals surface area contributed by atoms with Crippen LogP contribution in [0, 0.1) is 17.8 Å². The van der Waals surface area contributed by atoms with Crippen LogP contribution in [0.3, 0.4) is 0 Å². The maximum absolute atomic E-state index is 12.4. The molecule has 0 aromatic heterocycles. The van der Waals surface area contributed by atoms with Gasteiger partial charge in [0.05, 0.1) is 12.7 Å². The second-order valence-corrected chi connectivity index (χ2v) is 9.24. The lowest BCUT2D eigenvalue weighted by Gasteiger charge is -2.56. The molecule has 0 radical (unpaired) electrons. The van der Waals surface area contributed by atoms with E-state index in [1.807, 2.05) is 0 Å². The Hall–Kier alpha value is -3.03. The zero-order valence-electron chi connectivity index (χ0n) is 18.4. The van der Waals surface area contributed by atoms with Crippen LogP contribution in [0.25, 0.3) is 0 Å². The van der Waals surface area contributed by atoms with E-state index < -0.39 is 24.5 Å². The van der Waals surface area contributed by atoms with E-state index in [9.17, 15) is 14.4 Å². The van der Waals surface area contributed by atoms with Crippen LogP contribution in [0.15, 0.2) is 30.9 Å². The SMILES string of the molecule is C=CCOc1ccc(C(=O)OCC(=O)NC(=O)NC23CC4CC(CC(C4)C2)C3)cc1OC. The van der Waals surface area contributed by atoms with E-state index in [4.69, 9.17) is 14.2 Å². The average Bonchev–Trinajstić information content (AvgIpc) is 2.74. The number of urea groups is 1. The van der Waals surface area contributed by atoms with Crippen molar-refractivity contribution in [1.82, 2.24) is 10.6 Å². The van der Waals surface area contributed by atoms with E-state index in [-0.39, 0.29) is 11.1 Å². The van der Waals surface area contributed by atoms with Gasteiger partial charge in [-0.15, -0.1) is 0 Å².